The van der Waals surface area contributed by atoms with Crippen LogP contribution in [0.2, 0.25) is 0 Å². The van der Waals surface area contributed by atoms with Crippen LogP contribution in [0, 0.1) is 0 Å². The van der Waals surface area contributed by atoms with Gasteiger partial charge in [-0.1, -0.05) is 6.92 Å². The van der Waals surface area contributed by atoms with E-state index in [1.54, 1.807) is 24.6 Å². The average molecular weight is 266 g/mol. The van der Waals surface area contributed by atoms with Gasteiger partial charge >= 0.3 is 0 Å². The summed E-state index contributed by atoms with van der Waals surface area (Å²) in [7, 11) is 1.67. The maximum atomic E-state index is 5.74. The summed E-state index contributed by atoms with van der Waals surface area (Å²) >= 11 is 1.60. The van der Waals surface area contributed by atoms with Gasteiger partial charge in [0.1, 0.15) is 10.6 Å². The number of hydrogen-bond donors (Lipinski definition) is 1. The Morgan fingerprint density at radius 3 is 3.17 bits per heavy atom. The van der Waals surface area contributed by atoms with Crippen LogP contribution >= 0.6 is 11.3 Å². The SMILES string of the molecule is CCNCCCc1ncc(-c2sccc2OC)o1. The average Bonchev–Trinajstić information content (AvgIpc) is 3.02. The zero-order valence-corrected chi connectivity index (χ0v) is 11.5. The summed E-state index contributed by atoms with van der Waals surface area (Å²) in [6.07, 6.45) is 3.67. The van der Waals surface area contributed by atoms with Gasteiger partial charge in [0.2, 0.25) is 0 Å². The van der Waals surface area contributed by atoms with Crippen molar-refractivity contribution in [1.29, 1.82) is 0 Å². The molecule has 2 heterocycles. The number of nitrogens with zero attached hydrogens (tertiary/aromatic N) is 1. The maximum absolute atomic E-state index is 5.74. The predicted molar refractivity (Wildman–Crippen MR) is 73.2 cm³/mol. The summed E-state index contributed by atoms with van der Waals surface area (Å²) < 4.78 is 11.0. The second-order valence-electron chi connectivity index (χ2n) is 3.89. The van der Waals surface area contributed by atoms with Crippen molar-refractivity contribution in [3.8, 4) is 16.4 Å². The van der Waals surface area contributed by atoms with Crippen LogP contribution in [0.4, 0.5) is 0 Å². The van der Waals surface area contributed by atoms with Crippen LogP contribution in [0.5, 0.6) is 5.75 Å². The Balaban J connectivity index is 1.97. The first-order chi connectivity index (χ1) is 8.85. The van der Waals surface area contributed by atoms with Crippen molar-refractivity contribution >= 4 is 11.3 Å². The van der Waals surface area contributed by atoms with Gasteiger partial charge in [0.05, 0.1) is 13.3 Å². The van der Waals surface area contributed by atoms with E-state index in [0.29, 0.717) is 0 Å². The predicted octanol–water partition coefficient (Wildman–Crippen LogP) is 2.95. The van der Waals surface area contributed by atoms with Gasteiger partial charge in [-0.2, -0.15) is 0 Å². The van der Waals surface area contributed by atoms with Crippen molar-refractivity contribution in [1.82, 2.24) is 10.3 Å². The smallest absolute Gasteiger partial charge is 0.194 e. The van der Waals surface area contributed by atoms with Crippen molar-refractivity contribution in [3.63, 3.8) is 0 Å². The number of rotatable bonds is 7. The highest BCUT2D eigenvalue weighted by Gasteiger charge is 2.12. The maximum Gasteiger partial charge on any atom is 0.194 e. The largest absolute Gasteiger partial charge is 0.495 e. The minimum atomic E-state index is 0.790. The molecule has 0 aliphatic rings. The summed E-state index contributed by atoms with van der Waals surface area (Å²) in [5.74, 6) is 2.43. The molecule has 1 N–H and O–H groups in total. The summed E-state index contributed by atoms with van der Waals surface area (Å²) in [4.78, 5) is 5.30. The van der Waals surface area contributed by atoms with Gasteiger partial charge in [0.25, 0.3) is 0 Å². The second-order valence-corrected chi connectivity index (χ2v) is 4.81. The third kappa shape index (κ3) is 3.11. The molecule has 0 saturated heterocycles. The fourth-order valence-electron chi connectivity index (χ4n) is 1.71. The van der Waals surface area contributed by atoms with E-state index >= 15 is 0 Å². The number of nitrogens with one attached hydrogen (secondary N) is 1. The molecule has 0 atom stereocenters. The molecule has 0 aliphatic heterocycles. The molecule has 0 saturated carbocycles. The van der Waals surface area contributed by atoms with Crippen LogP contribution in [0.3, 0.4) is 0 Å². The lowest BCUT2D eigenvalue weighted by Crippen LogP contribution is -2.14. The molecular weight excluding hydrogens is 248 g/mol. The first-order valence-electron chi connectivity index (χ1n) is 6.12. The second kappa shape index (κ2) is 6.56. The Hall–Kier alpha value is -1.33. The Kier molecular flexibility index (Phi) is 4.78. The van der Waals surface area contributed by atoms with Crippen molar-refractivity contribution in [2.75, 3.05) is 20.2 Å². The molecular formula is C13H18N2O2S. The van der Waals surface area contributed by atoms with Gasteiger partial charge < -0.3 is 14.5 Å². The number of aryl methyl sites for hydroxylation is 1. The van der Waals surface area contributed by atoms with Gasteiger partial charge in [-0.25, -0.2) is 4.98 Å². The molecule has 98 valence electrons. The van der Waals surface area contributed by atoms with Gasteiger partial charge in [-0.15, -0.1) is 11.3 Å². The lowest BCUT2D eigenvalue weighted by Gasteiger charge is -1.99. The summed E-state index contributed by atoms with van der Waals surface area (Å²) in [5.41, 5.74) is 0. The lowest BCUT2D eigenvalue weighted by atomic mass is 10.3. The van der Waals surface area contributed by atoms with Crippen LogP contribution in [0.1, 0.15) is 19.2 Å². The van der Waals surface area contributed by atoms with E-state index in [4.69, 9.17) is 9.15 Å². The topological polar surface area (TPSA) is 47.3 Å². The fourth-order valence-corrected chi connectivity index (χ4v) is 2.52. The number of hydrogen-bond acceptors (Lipinski definition) is 5. The first kappa shape index (κ1) is 13.1. The molecule has 2 aromatic heterocycles. The van der Waals surface area contributed by atoms with Crippen LogP contribution in [0.15, 0.2) is 22.1 Å². The van der Waals surface area contributed by atoms with Gasteiger partial charge in [-0.05, 0) is 31.0 Å². The Labute approximate surface area is 111 Å². The number of thiophene rings is 1. The van der Waals surface area contributed by atoms with E-state index in [2.05, 4.69) is 17.2 Å². The summed E-state index contributed by atoms with van der Waals surface area (Å²) in [6, 6.07) is 1.94. The normalized spacial score (nSPS) is 10.8. The molecule has 0 amide bonds. The van der Waals surface area contributed by atoms with Crippen LogP contribution < -0.4 is 10.1 Å². The minimum Gasteiger partial charge on any atom is -0.495 e. The molecule has 0 aliphatic carbocycles. The van der Waals surface area contributed by atoms with Gasteiger partial charge in [0.15, 0.2) is 11.7 Å². The zero-order valence-electron chi connectivity index (χ0n) is 10.7. The quantitative estimate of drug-likeness (QED) is 0.783. The Morgan fingerprint density at radius 1 is 1.50 bits per heavy atom. The molecule has 0 unspecified atom stereocenters. The monoisotopic (exact) mass is 266 g/mol. The van der Waals surface area contributed by atoms with Crippen molar-refractivity contribution < 1.29 is 9.15 Å². The van der Waals surface area contributed by atoms with Crippen LogP contribution in [0.25, 0.3) is 10.6 Å². The van der Waals surface area contributed by atoms with E-state index in [0.717, 1.165) is 48.2 Å². The molecule has 18 heavy (non-hydrogen) atoms. The number of aromatic nitrogens is 1. The van der Waals surface area contributed by atoms with E-state index in [1.807, 2.05) is 11.4 Å². The zero-order chi connectivity index (χ0) is 12.8. The van der Waals surface area contributed by atoms with Crippen LogP contribution in [-0.2, 0) is 6.42 Å². The molecule has 0 radical (unpaired) electrons. The molecule has 5 heteroatoms. The standard InChI is InChI=1S/C13H18N2O2S/c1-3-14-7-4-5-12-15-9-11(17-12)13-10(16-2)6-8-18-13/h6,8-9,14H,3-5,7H2,1-2H3. The first-order valence-corrected chi connectivity index (χ1v) is 7.00. The molecule has 0 aromatic carbocycles. The number of oxazole rings is 1. The van der Waals surface area contributed by atoms with Crippen molar-refractivity contribution in [3.05, 3.63) is 23.5 Å². The molecule has 0 bridgehead atoms. The van der Waals surface area contributed by atoms with E-state index in [9.17, 15) is 0 Å². The van der Waals surface area contributed by atoms with E-state index < -0.39 is 0 Å². The van der Waals surface area contributed by atoms with Crippen molar-refractivity contribution in [2.45, 2.75) is 19.8 Å². The fraction of sp³-hybridized carbons (Fsp3) is 0.462. The molecule has 0 spiro atoms. The minimum absolute atomic E-state index is 0.790. The van der Waals surface area contributed by atoms with E-state index in [-0.39, 0.29) is 0 Å². The lowest BCUT2D eigenvalue weighted by molar-refractivity contribution is 0.415. The number of ether oxygens (including phenoxy) is 1. The third-order valence-corrected chi connectivity index (χ3v) is 3.53. The highest BCUT2D eigenvalue weighted by atomic mass is 32.1. The van der Waals surface area contributed by atoms with Crippen molar-refractivity contribution in [2.24, 2.45) is 0 Å². The molecule has 4 nitrogen and oxygen atoms in total. The molecule has 2 rings (SSSR count). The van der Waals surface area contributed by atoms with Gasteiger partial charge in [-0.3, -0.25) is 0 Å². The Bertz CT molecular complexity index is 479. The summed E-state index contributed by atoms with van der Waals surface area (Å²) in [5, 5.41) is 5.27. The van der Waals surface area contributed by atoms with Gasteiger partial charge in [0, 0.05) is 6.42 Å². The number of methoxy groups -OCH3 is 1. The molecule has 0 fully saturated rings. The highest BCUT2D eigenvalue weighted by Crippen LogP contribution is 2.35. The molecule has 2 aromatic rings. The summed E-state index contributed by atoms with van der Waals surface area (Å²) in [6.45, 7) is 4.10. The Morgan fingerprint density at radius 2 is 2.39 bits per heavy atom. The van der Waals surface area contributed by atoms with Crippen LogP contribution in [-0.4, -0.2) is 25.2 Å². The van der Waals surface area contributed by atoms with E-state index in [1.165, 1.54) is 0 Å². The highest BCUT2D eigenvalue weighted by molar-refractivity contribution is 7.13. The third-order valence-electron chi connectivity index (χ3n) is 2.62.